The van der Waals surface area contributed by atoms with Crippen LogP contribution in [0.5, 0.6) is 0 Å². The average Bonchev–Trinajstić information content (AvgIpc) is 2.51. The summed E-state index contributed by atoms with van der Waals surface area (Å²) in [7, 11) is 0. The van der Waals surface area contributed by atoms with E-state index < -0.39 is 0 Å². The van der Waals surface area contributed by atoms with E-state index >= 15 is 0 Å². The molecule has 2 fully saturated rings. The fraction of sp³-hybridized carbons (Fsp3) is 1.00. The van der Waals surface area contributed by atoms with Crippen LogP contribution in [0.1, 0.15) is 53.9 Å². The van der Waals surface area contributed by atoms with E-state index in [4.69, 9.17) is 0 Å². The molecule has 82 valence electrons. The Morgan fingerprint density at radius 2 is 1.79 bits per heavy atom. The molecule has 0 aromatic rings. The highest BCUT2D eigenvalue weighted by molar-refractivity contribution is 5.01. The quantitative estimate of drug-likeness (QED) is 0.582. The van der Waals surface area contributed by atoms with E-state index in [2.05, 4.69) is 34.6 Å². The van der Waals surface area contributed by atoms with Gasteiger partial charge in [-0.3, -0.25) is 0 Å². The Bertz CT molecular complexity index is 214. The first-order valence-electron chi connectivity index (χ1n) is 6.42. The molecule has 0 nitrogen and oxygen atoms in total. The predicted molar refractivity (Wildman–Crippen MR) is 62.1 cm³/mol. The van der Waals surface area contributed by atoms with Gasteiger partial charge in [0.25, 0.3) is 0 Å². The Hall–Kier alpha value is 0. The molecule has 0 bridgehead atoms. The van der Waals surface area contributed by atoms with Gasteiger partial charge in [-0.2, -0.15) is 0 Å². The molecule has 0 heteroatoms. The maximum atomic E-state index is 2.51. The molecular formula is C14H26. The van der Waals surface area contributed by atoms with E-state index in [0.717, 1.165) is 29.6 Å². The molecule has 4 atom stereocenters. The molecule has 4 unspecified atom stereocenters. The second-order valence-corrected chi connectivity index (χ2v) is 6.95. The molecule has 0 amide bonds. The molecule has 2 aliphatic carbocycles. The summed E-state index contributed by atoms with van der Waals surface area (Å²) in [6.45, 7) is 12.3. The van der Waals surface area contributed by atoms with Crippen molar-refractivity contribution in [2.45, 2.75) is 53.9 Å². The van der Waals surface area contributed by atoms with Gasteiger partial charge < -0.3 is 0 Å². The Morgan fingerprint density at radius 3 is 2.36 bits per heavy atom. The molecule has 0 spiro atoms. The van der Waals surface area contributed by atoms with E-state index in [1.807, 2.05) is 0 Å². The van der Waals surface area contributed by atoms with Crippen LogP contribution in [-0.2, 0) is 0 Å². The zero-order valence-electron chi connectivity index (χ0n) is 10.5. The lowest BCUT2D eigenvalue weighted by molar-refractivity contribution is 0.236. The van der Waals surface area contributed by atoms with Crippen LogP contribution < -0.4 is 0 Å². The number of hydrogen-bond donors (Lipinski definition) is 0. The van der Waals surface area contributed by atoms with Crippen LogP contribution >= 0.6 is 0 Å². The van der Waals surface area contributed by atoms with Crippen LogP contribution in [-0.4, -0.2) is 0 Å². The van der Waals surface area contributed by atoms with Crippen LogP contribution in [0.25, 0.3) is 0 Å². The van der Waals surface area contributed by atoms with Gasteiger partial charge in [-0.15, -0.1) is 0 Å². The van der Waals surface area contributed by atoms with Gasteiger partial charge in [-0.05, 0) is 54.3 Å². The lowest BCUT2D eigenvalue weighted by atomic mass is 9.79. The van der Waals surface area contributed by atoms with Crippen LogP contribution in [0.15, 0.2) is 0 Å². The number of hydrogen-bond acceptors (Lipinski definition) is 0. The summed E-state index contributed by atoms with van der Waals surface area (Å²) in [4.78, 5) is 0. The van der Waals surface area contributed by atoms with Gasteiger partial charge in [0.05, 0.1) is 0 Å². The van der Waals surface area contributed by atoms with Crippen molar-refractivity contribution >= 4 is 0 Å². The fourth-order valence-electron chi connectivity index (χ4n) is 4.35. The SMILES string of the molecule is CC1CC2C(C(C)C)CC(C)(C)C2C1. The Labute approximate surface area is 89.5 Å². The van der Waals surface area contributed by atoms with E-state index in [0.29, 0.717) is 5.41 Å². The molecule has 0 radical (unpaired) electrons. The molecule has 0 aromatic heterocycles. The predicted octanol–water partition coefficient (Wildman–Crippen LogP) is 4.35. The maximum Gasteiger partial charge on any atom is -0.0320 e. The summed E-state index contributed by atoms with van der Waals surface area (Å²) in [5.74, 6) is 4.99. The topological polar surface area (TPSA) is 0 Å². The van der Waals surface area contributed by atoms with Crippen LogP contribution in [0.3, 0.4) is 0 Å². The fourth-order valence-corrected chi connectivity index (χ4v) is 4.35. The van der Waals surface area contributed by atoms with Crippen molar-refractivity contribution in [3.05, 3.63) is 0 Å². The molecule has 0 N–H and O–H groups in total. The summed E-state index contributed by atoms with van der Waals surface area (Å²) in [5.41, 5.74) is 0.629. The minimum atomic E-state index is 0.629. The molecule has 2 saturated carbocycles. The molecule has 0 heterocycles. The summed E-state index contributed by atoms with van der Waals surface area (Å²) >= 11 is 0. The molecule has 0 saturated heterocycles. The Morgan fingerprint density at radius 1 is 1.14 bits per heavy atom. The van der Waals surface area contributed by atoms with Crippen LogP contribution in [0.4, 0.5) is 0 Å². The van der Waals surface area contributed by atoms with Crippen molar-refractivity contribution in [1.29, 1.82) is 0 Å². The first-order chi connectivity index (χ1) is 6.42. The number of rotatable bonds is 1. The van der Waals surface area contributed by atoms with Gasteiger partial charge in [0, 0.05) is 0 Å². The van der Waals surface area contributed by atoms with Crippen molar-refractivity contribution in [1.82, 2.24) is 0 Å². The maximum absolute atomic E-state index is 2.51. The van der Waals surface area contributed by atoms with E-state index in [1.165, 1.54) is 19.3 Å². The van der Waals surface area contributed by atoms with E-state index in [-0.39, 0.29) is 0 Å². The summed E-state index contributed by atoms with van der Waals surface area (Å²) in [6, 6.07) is 0. The third-order valence-corrected chi connectivity index (χ3v) is 5.02. The van der Waals surface area contributed by atoms with Gasteiger partial charge in [-0.1, -0.05) is 34.6 Å². The normalized spacial score (nSPS) is 45.9. The lowest BCUT2D eigenvalue weighted by Gasteiger charge is -2.26. The third kappa shape index (κ3) is 1.51. The summed E-state index contributed by atoms with van der Waals surface area (Å²) < 4.78 is 0. The average molecular weight is 194 g/mol. The first-order valence-corrected chi connectivity index (χ1v) is 6.42. The van der Waals surface area contributed by atoms with Crippen molar-refractivity contribution in [2.24, 2.45) is 35.0 Å². The molecule has 0 aromatic carbocycles. The van der Waals surface area contributed by atoms with Crippen molar-refractivity contribution < 1.29 is 0 Å². The minimum absolute atomic E-state index is 0.629. The zero-order valence-corrected chi connectivity index (χ0v) is 10.5. The second-order valence-electron chi connectivity index (χ2n) is 6.95. The van der Waals surface area contributed by atoms with Gasteiger partial charge in [0.1, 0.15) is 0 Å². The smallest absolute Gasteiger partial charge is 0.0320 e. The summed E-state index contributed by atoms with van der Waals surface area (Å²) in [5, 5.41) is 0. The zero-order chi connectivity index (χ0) is 10.5. The van der Waals surface area contributed by atoms with Crippen molar-refractivity contribution in [2.75, 3.05) is 0 Å². The highest BCUT2D eigenvalue weighted by atomic mass is 14.6. The monoisotopic (exact) mass is 194 g/mol. The minimum Gasteiger partial charge on any atom is -0.0625 e. The molecule has 2 rings (SSSR count). The van der Waals surface area contributed by atoms with Gasteiger partial charge in [-0.25, -0.2) is 0 Å². The van der Waals surface area contributed by atoms with E-state index in [1.54, 1.807) is 0 Å². The highest BCUT2D eigenvalue weighted by Gasteiger charge is 2.52. The molecule has 0 aliphatic heterocycles. The summed E-state index contributed by atoms with van der Waals surface area (Å²) in [6.07, 6.45) is 4.49. The highest BCUT2D eigenvalue weighted by Crippen LogP contribution is 2.60. The van der Waals surface area contributed by atoms with E-state index in [9.17, 15) is 0 Å². The van der Waals surface area contributed by atoms with Crippen molar-refractivity contribution in [3.63, 3.8) is 0 Å². The van der Waals surface area contributed by atoms with Gasteiger partial charge in [0.2, 0.25) is 0 Å². The molecule has 2 aliphatic rings. The molecule has 14 heavy (non-hydrogen) atoms. The van der Waals surface area contributed by atoms with Crippen molar-refractivity contribution in [3.8, 4) is 0 Å². The lowest BCUT2D eigenvalue weighted by Crippen LogP contribution is -2.18. The van der Waals surface area contributed by atoms with Crippen LogP contribution in [0.2, 0.25) is 0 Å². The second kappa shape index (κ2) is 3.25. The third-order valence-electron chi connectivity index (χ3n) is 5.02. The standard InChI is InChI=1S/C14H26/c1-9(2)12-8-14(4,5)13-7-10(3)6-11(12)13/h9-13H,6-8H2,1-5H3. The number of fused-ring (bicyclic) bond motifs is 1. The van der Waals surface area contributed by atoms with Gasteiger partial charge >= 0.3 is 0 Å². The largest absolute Gasteiger partial charge is 0.0625 e. The first kappa shape index (κ1) is 10.5. The van der Waals surface area contributed by atoms with Gasteiger partial charge in [0.15, 0.2) is 0 Å². The van der Waals surface area contributed by atoms with Crippen LogP contribution in [0, 0.1) is 35.0 Å². The Kier molecular flexibility index (Phi) is 2.44. The Balaban J connectivity index is 2.19. The molecular weight excluding hydrogens is 168 g/mol.